The number of amides is 1. The Hall–Kier alpha value is -1.00. The molecule has 0 fully saturated rings. The normalized spacial score (nSPS) is 10.4. The van der Waals surface area contributed by atoms with Crippen LogP contribution in [0.25, 0.3) is 10.8 Å². The van der Waals surface area contributed by atoms with Gasteiger partial charge in [-0.3, -0.25) is 4.79 Å². The van der Waals surface area contributed by atoms with E-state index in [1.165, 1.54) is 0 Å². The number of carbonyl (C=O) groups excluding carboxylic acids is 1. The van der Waals surface area contributed by atoms with Crippen LogP contribution in [0.5, 0.6) is 0 Å². The molecule has 0 spiro atoms. The van der Waals surface area contributed by atoms with Gasteiger partial charge in [-0.25, -0.2) is 0 Å². The van der Waals surface area contributed by atoms with Gasteiger partial charge in [-0.1, -0.05) is 40.2 Å². The Balaban J connectivity index is 2.54. The fourth-order valence-electron chi connectivity index (χ4n) is 1.56. The van der Waals surface area contributed by atoms with Gasteiger partial charge in [-0.15, -0.1) is 0 Å². The average molecular weight is 296 g/mol. The Kier molecular flexibility index (Phi) is 3.51. The molecule has 0 aromatic heterocycles. The van der Waals surface area contributed by atoms with Gasteiger partial charge in [-0.05, 0) is 17.5 Å². The minimum atomic E-state index is -0.101. The fourth-order valence-corrected chi connectivity index (χ4v) is 2.12. The Morgan fingerprint density at radius 2 is 1.88 bits per heavy atom. The van der Waals surface area contributed by atoms with Crippen molar-refractivity contribution in [2.45, 2.75) is 0 Å². The highest BCUT2D eigenvalue weighted by Crippen LogP contribution is 2.29. The molecular weight excluding hydrogens is 286 g/mol. The summed E-state index contributed by atoms with van der Waals surface area (Å²) in [5.74, 6) is 0.0838. The summed E-state index contributed by atoms with van der Waals surface area (Å²) in [6.07, 6.45) is 0. The number of rotatable bonds is 2. The van der Waals surface area contributed by atoms with Crippen LogP contribution >= 0.6 is 28.6 Å². The van der Waals surface area contributed by atoms with Gasteiger partial charge >= 0.3 is 0 Å². The first-order valence-electron chi connectivity index (χ1n) is 4.80. The van der Waals surface area contributed by atoms with E-state index in [2.05, 4.69) is 33.9 Å². The number of hydrogen-bond acceptors (Lipinski definition) is 2. The third-order valence-corrected chi connectivity index (χ3v) is 3.27. The first-order valence-corrected chi connectivity index (χ1v) is 6.23. The zero-order valence-corrected chi connectivity index (χ0v) is 10.9. The zero-order chi connectivity index (χ0) is 11.5. The second-order valence-electron chi connectivity index (χ2n) is 3.35. The summed E-state index contributed by atoms with van der Waals surface area (Å²) in [6, 6.07) is 11.7. The van der Waals surface area contributed by atoms with E-state index in [0.29, 0.717) is 0 Å². The maximum atomic E-state index is 11.3. The third-order valence-electron chi connectivity index (χ3n) is 2.29. The molecule has 0 atom stereocenters. The lowest BCUT2D eigenvalue weighted by Gasteiger charge is -2.08. The van der Waals surface area contributed by atoms with Gasteiger partial charge in [0.05, 0.1) is 5.75 Å². The molecule has 0 saturated heterocycles. The summed E-state index contributed by atoms with van der Waals surface area (Å²) in [5, 5.41) is 4.93. The van der Waals surface area contributed by atoms with E-state index in [9.17, 15) is 4.79 Å². The summed E-state index contributed by atoms with van der Waals surface area (Å²) in [5.41, 5.74) is 0.817. The molecule has 4 heteroatoms. The molecule has 1 N–H and O–H groups in total. The van der Waals surface area contributed by atoms with Crippen LogP contribution in [0.1, 0.15) is 0 Å². The van der Waals surface area contributed by atoms with Crippen molar-refractivity contribution in [3.63, 3.8) is 0 Å². The molecule has 1 amide bonds. The lowest BCUT2D eigenvalue weighted by atomic mass is 10.1. The van der Waals surface area contributed by atoms with Crippen LogP contribution in [0.4, 0.5) is 5.69 Å². The molecule has 0 saturated carbocycles. The molecule has 2 nitrogen and oxygen atoms in total. The molecule has 0 aliphatic rings. The minimum absolute atomic E-state index is 0.101. The number of halogens is 1. The largest absolute Gasteiger partial charge is 0.325 e. The summed E-state index contributed by atoms with van der Waals surface area (Å²) < 4.78 is 1.02. The molecule has 2 aromatic carbocycles. The number of carbonyl (C=O) groups is 1. The van der Waals surface area contributed by atoms with Gasteiger partial charge < -0.3 is 5.32 Å². The highest BCUT2D eigenvalue weighted by Gasteiger charge is 2.05. The second kappa shape index (κ2) is 4.89. The first-order chi connectivity index (χ1) is 7.72. The number of nitrogens with one attached hydrogen (secondary N) is 1. The molecule has 0 aliphatic heterocycles. The van der Waals surface area contributed by atoms with Gasteiger partial charge in [0.25, 0.3) is 0 Å². The molecule has 0 bridgehead atoms. The van der Waals surface area contributed by atoms with Gasteiger partial charge in [0.15, 0.2) is 0 Å². The smallest absolute Gasteiger partial charge is 0.234 e. The van der Waals surface area contributed by atoms with Gasteiger partial charge in [0, 0.05) is 15.5 Å². The Bertz CT molecular complexity index is 542. The highest BCUT2D eigenvalue weighted by molar-refractivity contribution is 9.10. The number of benzene rings is 2. The number of hydrogen-bond donors (Lipinski definition) is 2. The summed E-state index contributed by atoms with van der Waals surface area (Å²) in [4.78, 5) is 11.3. The number of thiol groups is 1. The highest BCUT2D eigenvalue weighted by atomic mass is 79.9. The van der Waals surface area contributed by atoms with Crippen LogP contribution in [-0.4, -0.2) is 11.7 Å². The monoisotopic (exact) mass is 295 g/mol. The Labute approximate surface area is 108 Å². The lowest BCUT2D eigenvalue weighted by Crippen LogP contribution is -2.12. The number of anilines is 1. The predicted octanol–water partition coefficient (Wildman–Crippen LogP) is 3.47. The third kappa shape index (κ3) is 2.23. The van der Waals surface area contributed by atoms with Crippen LogP contribution in [0.15, 0.2) is 40.9 Å². The average Bonchev–Trinajstić information content (AvgIpc) is 2.33. The molecule has 0 radical (unpaired) electrons. The van der Waals surface area contributed by atoms with Gasteiger partial charge in [0.2, 0.25) is 5.91 Å². The van der Waals surface area contributed by atoms with E-state index >= 15 is 0 Å². The van der Waals surface area contributed by atoms with E-state index < -0.39 is 0 Å². The van der Waals surface area contributed by atoms with Crippen LogP contribution in [0.2, 0.25) is 0 Å². The molecule has 2 aromatic rings. The van der Waals surface area contributed by atoms with E-state index in [-0.39, 0.29) is 11.7 Å². The molecule has 0 unspecified atom stereocenters. The van der Waals surface area contributed by atoms with Crippen LogP contribution < -0.4 is 5.32 Å². The lowest BCUT2D eigenvalue weighted by molar-refractivity contribution is -0.113. The van der Waals surface area contributed by atoms with Crippen molar-refractivity contribution >= 4 is 50.9 Å². The summed E-state index contributed by atoms with van der Waals surface area (Å²) in [7, 11) is 0. The zero-order valence-electron chi connectivity index (χ0n) is 8.40. The van der Waals surface area contributed by atoms with Gasteiger partial charge in [0.1, 0.15) is 0 Å². The van der Waals surface area contributed by atoms with E-state index in [1.807, 2.05) is 36.4 Å². The molecule has 16 heavy (non-hydrogen) atoms. The van der Waals surface area contributed by atoms with Gasteiger partial charge in [-0.2, -0.15) is 12.6 Å². The maximum absolute atomic E-state index is 11.3. The predicted molar refractivity (Wildman–Crippen MR) is 74.1 cm³/mol. The molecule has 2 rings (SSSR count). The van der Waals surface area contributed by atoms with Crippen LogP contribution in [0.3, 0.4) is 0 Å². The van der Waals surface area contributed by atoms with Crippen molar-refractivity contribution in [3.8, 4) is 0 Å². The fraction of sp³-hybridized carbons (Fsp3) is 0.0833. The van der Waals surface area contributed by atoms with Crippen molar-refractivity contribution in [1.82, 2.24) is 0 Å². The maximum Gasteiger partial charge on any atom is 0.234 e. The van der Waals surface area contributed by atoms with Crippen molar-refractivity contribution < 1.29 is 4.79 Å². The van der Waals surface area contributed by atoms with E-state index in [0.717, 1.165) is 20.9 Å². The van der Waals surface area contributed by atoms with Crippen molar-refractivity contribution in [2.75, 3.05) is 11.1 Å². The van der Waals surface area contributed by atoms with E-state index in [1.54, 1.807) is 0 Å². The second-order valence-corrected chi connectivity index (χ2v) is 4.52. The van der Waals surface area contributed by atoms with Crippen LogP contribution in [0, 0.1) is 0 Å². The minimum Gasteiger partial charge on any atom is -0.325 e. The summed E-state index contributed by atoms with van der Waals surface area (Å²) >= 11 is 7.43. The molecule has 0 heterocycles. The summed E-state index contributed by atoms with van der Waals surface area (Å²) in [6.45, 7) is 0. The molecule has 0 aliphatic carbocycles. The SMILES string of the molecule is O=C(CS)Nc1ccc(Br)c2ccccc12. The molecular formula is C12H10BrNOS. The first kappa shape index (κ1) is 11.5. The topological polar surface area (TPSA) is 29.1 Å². The molecule has 82 valence electrons. The Morgan fingerprint density at radius 1 is 1.19 bits per heavy atom. The van der Waals surface area contributed by atoms with E-state index in [4.69, 9.17) is 0 Å². The standard InChI is InChI=1S/C12H10BrNOS/c13-10-5-6-11(14-12(15)7-16)9-4-2-1-3-8(9)10/h1-6,16H,7H2,(H,14,15). The quantitative estimate of drug-likeness (QED) is 0.816. The van der Waals surface area contributed by atoms with Crippen LogP contribution in [-0.2, 0) is 4.79 Å². The van der Waals surface area contributed by atoms with Crippen molar-refractivity contribution in [2.24, 2.45) is 0 Å². The Morgan fingerprint density at radius 3 is 2.56 bits per heavy atom. The van der Waals surface area contributed by atoms with Crippen molar-refractivity contribution in [3.05, 3.63) is 40.9 Å². The number of fused-ring (bicyclic) bond motifs is 1. The van der Waals surface area contributed by atoms with Crippen molar-refractivity contribution in [1.29, 1.82) is 0 Å².